The summed E-state index contributed by atoms with van der Waals surface area (Å²) in [7, 11) is 3.92. The van der Waals surface area contributed by atoms with Crippen LogP contribution in [0.4, 0.5) is 11.4 Å². The molecule has 1 aromatic rings. The van der Waals surface area contributed by atoms with Crippen LogP contribution >= 0.6 is 12.2 Å². The summed E-state index contributed by atoms with van der Waals surface area (Å²) in [6, 6.07) is 7.55. The van der Waals surface area contributed by atoms with E-state index in [1.807, 2.05) is 43.3 Å². The number of hydrogen-bond acceptors (Lipinski definition) is 4. The molecule has 0 aliphatic heterocycles. The van der Waals surface area contributed by atoms with Crippen LogP contribution in [0.15, 0.2) is 36.0 Å². The number of amides is 1. The minimum atomic E-state index is -0.239. The van der Waals surface area contributed by atoms with Gasteiger partial charge in [0.25, 0.3) is 0 Å². The zero-order valence-corrected chi connectivity index (χ0v) is 12.5. The summed E-state index contributed by atoms with van der Waals surface area (Å²) in [4.78, 5) is 13.7. The van der Waals surface area contributed by atoms with E-state index >= 15 is 0 Å². The Labute approximate surface area is 124 Å². The third kappa shape index (κ3) is 5.57. The van der Waals surface area contributed by atoms with Crippen molar-refractivity contribution in [2.24, 2.45) is 5.73 Å². The van der Waals surface area contributed by atoms with Crippen LogP contribution in [-0.2, 0) is 4.79 Å². The first-order valence-corrected chi connectivity index (χ1v) is 6.37. The molecule has 0 atom stereocenters. The molecule has 1 rings (SSSR count). The van der Waals surface area contributed by atoms with Crippen molar-refractivity contribution in [2.75, 3.05) is 24.3 Å². The molecule has 0 saturated carbocycles. The molecular formula is C13H19N5OS. The summed E-state index contributed by atoms with van der Waals surface area (Å²) >= 11 is 4.64. The van der Waals surface area contributed by atoms with Crippen LogP contribution in [-0.4, -0.2) is 25.1 Å². The molecule has 0 fully saturated rings. The standard InChI is InChI=1S/C13H19N5OS/c1-9(16-17-13(14)20)8-12(19)15-10-4-6-11(7-5-10)18(2)3/h4-8,16H,1-3H3,(H,15,19)(H3,14,17,20)/b9-8-. The second-order valence-electron chi connectivity index (χ2n) is 4.37. The first kappa shape index (κ1) is 15.8. The molecule has 20 heavy (non-hydrogen) atoms. The minimum absolute atomic E-state index is 0.109. The zero-order valence-electron chi connectivity index (χ0n) is 11.7. The third-order valence-corrected chi connectivity index (χ3v) is 2.48. The summed E-state index contributed by atoms with van der Waals surface area (Å²) in [5.41, 5.74) is 12.9. The fourth-order valence-electron chi connectivity index (χ4n) is 1.41. The Morgan fingerprint density at radius 2 is 1.85 bits per heavy atom. The number of nitrogens with two attached hydrogens (primary N) is 1. The van der Waals surface area contributed by atoms with Gasteiger partial charge in [0.1, 0.15) is 0 Å². The molecule has 0 unspecified atom stereocenters. The van der Waals surface area contributed by atoms with E-state index in [0.717, 1.165) is 11.4 Å². The molecule has 0 heterocycles. The van der Waals surface area contributed by atoms with Gasteiger partial charge in [-0.05, 0) is 43.4 Å². The fraction of sp³-hybridized carbons (Fsp3) is 0.231. The Hall–Kier alpha value is -2.28. The normalized spacial score (nSPS) is 10.7. The smallest absolute Gasteiger partial charge is 0.250 e. The maximum absolute atomic E-state index is 11.8. The molecule has 108 valence electrons. The van der Waals surface area contributed by atoms with Crippen LogP contribution in [0.3, 0.4) is 0 Å². The number of hydrazine groups is 1. The highest BCUT2D eigenvalue weighted by Gasteiger charge is 2.01. The van der Waals surface area contributed by atoms with Crippen LogP contribution < -0.4 is 26.8 Å². The summed E-state index contributed by atoms with van der Waals surface area (Å²) in [6.07, 6.45) is 1.41. The van der Waals surface area contributed by atoms with Gasteiger partial charge >= 0.3 is 0 Å². The van der Waals surface area contributed by atoms with Crippen molar-refractivity contribution in [1.82, 2.24) is 10.9 Å². The number of hydrogen-bond donors (Lipinski definition) is 4. The van der Waals surface area contributed by atoms with Crippen LogP contribution in [0.1, 0.15) is 6.92 Å². The van der Waals surface area contributed by atoms with E-state index in [4.69, 9.17) is 5.73 Å². The Morgan fingerprint density at radius 3 is 2.35 bits per heavy atom. The van der Waals surface area contributed by atoms with Gasteiger partial charge in [-0.15, -0.1) is 0 Å². The van der Waals surface area contributed by atoms with E-state index in [-0.39, 0.29) is 11.0 Å². The Morgan fingerprint density at radius 1 is 1.25 bits per heavy atom. The number of rotatable bonds is 5. The number of carbonyl (C=O) groups excluding carboxylic acids is 1. The average Bonchev–Trinajstić information content (AvgIpc) is 2.36. The molecule has 0 aromatic heterocycles. The Kier molecular flexibility index (Phi) is 5.79. The molecule has 1 aromatic carbocycles. The van der Waals surface area contributed by atoms with E-state index in [9.17, 15) is 4.79 Å². The van der Waals surface area contributed by atoms with Crippen molar-refractivity contribution in [1.29, 1.82) is 0 Å². The first-order chi connectivity index (χ1) is 9.38. The molecule has 0 saturated heterocycles. The van der Waals surface area contributed by atoms with Crippen molar-refractivity contribution in [2.45, 2.75) is 6.92 Å². The third-order valence-electron chi connectivity index (χ3n) is 2.38. The predicted octanol–water partition coefficient (Wildman–Crippen LogP) is 0.933. The van der Waals surface area contributed by atoms with Crippen molar-refractivity contribution in [3.8, 4) is 0 Å². The molecular weight excluding hydrogens is 274 g/mol. The highest BCUT2D eigenvalue weighted by molar-refractivity contribution is 7.80. The van der Waals surface area contributed by atoms with Gasteiger partial charge in [0.05, 0.1) is 0 Å². The minimum Gasteiger partial charge on any atom is -0.378 e. The fourth-order valence-corrected chi connectivity index (χ4v) is 1.47. The van der Waals surface area contributed by atoms with Crippen molar-refractivity contribution >= 4 is 34.6 Å². The maximum Gasteiger partial charge on any atom is 0.250 e. The van der Waals surface area contributed by atoms with Gasteiger partial charge in [-0.2, -0.15) is 0 Å². The summed E-state index contributed by atoms with van der Waals surface area (Å²) in [6.45, 7) is 1.72. The van der Waals surface area contributed by atoms with Gasteiger partial charge in [-0.1, -0.05) is 0 Å². The largest absolute Gasteiger partial charge is 0.378 e. The molecule has 0 aliphatic carbocycles. The number of anilines is 2. The van der Waals surface area contributed by atoms with Crippen LogP contribution in [0.5, 0.6) is 0 Å². The van der Waals surface area contributed by atoms with Gasteiger partial charge in [0.15, 0.2) is 5.11 Å². The number of thiocarbonyl (C=S) groups is 1. The second-order valence-corrected chi connectivity index (χ2v) is 4.81. The number of allylic oxidation sites excluding steroid dienone is 1. The van der Waals surface area contributed by atoms with Crippen LogP contribution in [0.25, 0.3) is 0 Å². The number of carbonyl (C=O) groups is 1. The lowest BCUT2D eigenvalue weighted by Gasteiger charge is -2.13. The van der Waals surface area contributed by atoms with E-state index in [0.29, 0.717) is 5.70 Å². The lowest BCUT2D eigenvalue weighted by atomic mass is 10.2. The molecule has 0 spiro atoms. The molecule has 0 aliphatic rings. The average molecular weight is 293 g/mol. The Bertz CT molecular complexity index is 510. The molecule has 5 N–H and O–H groups in total. The van der Waals surface area contributed by atoms with Crippen LogP contribution in [0.2, 0.25) is 0 Å². The Balaban J connectivity index is 2.57. The van der Waals surface area contributed by atoms with Gasteiger partial charge in [0, 0.05) is 37.2 Å². The molecule has 7 heteroatoms. The van der Waals surface area contributed by atoms with Gasteiger partial charge in [-0.3, -0.25) is 10.2 Å². The molecule has 1 amide bonds. The number of nitrogens with zero attached hydrogens (tertiary/aromatic N) is 1. The molecule has 6 nitrogen and oxygen atoms in total. The van der Waals surface area contributed by atoms with E-state index in [1.54, 1.807) is 6.92 Å². The molecule has 0 radical (unpaired) electrons. The summed E-state index contributed by atoms with van der Waals surface area (Å²) in [5, 5.41) is 2.87. The van der Waals surface area contributed by atoms with Gasteiger partial charge in [0.2, 0.25) is 5.91 Å². The summed E-state index contributed by atoms with van der Waals surface area (Å²) in [5.74, 6) is -0.239. The summed E-state index contributed by atoms with van der Waals surface area (Å²) < 4.78 is 0. The van der Waals surface area contributed by atoms with Gasteiger partial charge < -0.3 is 21.4 Å². The number of nitrogens with one attached hydrogen (secondary N) is 3. The quantitative estimate of drug-likeness (QED) is 0.367. The lowest BCUT2D eigenvalue weighted by Crippen LogP contribution is -2.39. The number of benzene rings is 1. The first-order valence-electron chi connectivity index (χ1n) is 5.96. The van der Waals surface area contributed by atoms with Crippen LogP contribution in [0, 0.1) is 0 Å². The van der Waals surface area contributed by atoms with Crippen molar-refractivity contribution in [3.63, 3.8) is 0 Å². The lowest BCUT2D eigenvalue weighted by molar-refractivity contribution is -0.112. The maximum atomic E-state index is 11.8. The SMILES string of the molecule is C/C(=C/C(=O)Nc1ccc(N(C)C)cc1)NNC(N)=S. The van der Waals surface area contributed by atoms with Gasteiger partial charge in [-0.25, -0.2) is 0 Å². The topological polar surface area (TPSA) is 82.4 Å². The van der Waals surface area contributed by atoms with E-state index in [2.05, 4.69) is 28.4 Å². The highest BCUT2D eigenvalue weighted by Crippen LogP contribution is 2.15. The molecule has 0 bridgehead atoms. The monoisotopic (exact) mass is 293 g/mol. The van der Waals surface area contributed by atoms with E-state index < -0.39 is 0 Å². The second kappa shape index (κ2) is 7.34. The predicted molar refractivity (Wildman–Crippen MR) is 86.2 cm³/mol. The van der Waals surface area contributed by atoms with Crippen molar-refractivity contribution < 1.29 is 4.79 Å². The zero-order chi connectivity index (χ0) is 15.1. The van der Waals surface area contributed by atoms with Crippen molar-refractivity contribution in [3.05, 3.63) is 36.0 Å². The van der Waals surface area contributed by atoms with E-state index in [1.165, 1.54) is 6.08 Å². The highest BCUT2D eigenvalue weighted by atomic mass is 32.1.